The summed E-state index contributed by atoms with van der Waals surface area (Å²) in [6.07, 6.45) is -4.42. The molecule has 0 aliphatic rings. The van der Waals surface area contributed by atoms with Gasteiger partial charge in [-0.05, 0) is 37.6 Å². The molecule has 0 bridgehead atoms. The average molecular weight is 272 g/mol. The van der Waals surface area contributed by atoms with Gasteiger partial charge in [0.15, 0.2) is 0 Å². The Morgan fingerprint density at radius 2 is 1.78 bits per heavy atom. The molecule has 0 fully saturated rings. The molecular weight excluding hydrogens is 260 g/mol. The molecule has 2 N–H and O–H groups in total. The largest absolute Gasteiger partial charge is 0.433 e. The number of aromatic nitrogens is 1. The Hall–Kier alpha value is -1.35. The molecule has 0 aliphatic heterocycles. The Morgan fingerprint density at radius 1 is 1.11 bits per heavy atom. The summed E-state index contributed by atoms with van der Waals surface area (Å²) in [7, 11) is -0.500. The van der Waals surface area contributed by atoms with E-state index in [-0.39, 0.29) is 0 Å². The van der Waals surface area contributed by atoms with E-state index in [1.54, 1.807) is 6.07 Å². The van der Waals surface area contributed by atoms with Gasteiger partial charge in [-0.25, -0.2) is 4.98 Å². The summed E-state index contributed by atoms with van der Waals surface area (Å²) in [5.41, 5.74) is 5.95. The summed E-state index contributed by atoms with van der Waals surface area (Å²) in [5, 5.41) is 1.61. The zero-order valence-corrected chi connectivity index (χ0v) is 10.8. The molecule has 0 saturated carbocycles. The van der Waals surface area contributed by atoms with E-state index in [1.165, 1.54) is 12.1 Å². The first kappa shape index (κ1) is 13.1. The van der Waals surface area contributed by atoms with Gasteiger partial charge in [-0.1, -0.05) is 7.92 Å². The molecule has 0 spiro atoms. The first-order chi connectivity index (χ1) is 8.30. The Labute approximate surface area is 104 Å². The Bertz CT molecular complexity index is 594. The van der Waals surface area contributed by atoms with E-state index >= 15 is 0 Å². The van der Waals surface area contributed by atoms with Crippen molar-refractivity contribution >= 4 is 29.8 Å². The van der Waals surface area contributed by atoms with Crippen LogP contribution < -0.4 is 11.0 Å². The van der Waals surface area contributed by atoms with Crippen LogP contribution in [-0.2, 0) is 6.18 Å². The number of fused-ring (bicyclic) bond motifs is 1. The number of hydrogen-bond donors (Lipinski definition) is 1. The molecule has 0 atom stereocenters. The lowest BCUT2D eigenvalue weighted by Crippen LogP contribution is -2.12. The number of rotatable bonds is 1. The predicted molar refractivity (Wildman–Crippen MR) is 69.6 cm³/mol. The maximum Gasteiger partial charge on any atom is 0.433 e. The molecule has 0 aliphatic carbocycles. The van der Waals surface area contributed by atoms with Crippen molar-refractivity contribution in [2.45, 2.75) is 6.18 Å². The zero-order valence-electron chi connectivity index (χ0n) is 9.92. The van der Waals surface area contributed by atoms with Crippen molar-refractivity contribution in [2.75, 3.05) is 19.1 Å². The normalized spacial score (nSPS) is 12.3. The molecule has 0 amide bonds. The van der Waals surface area contributed by atoms with Crippen LogP contribution in [0.2, 0.25) is 0 Å². The van der Waals surface area contributed by atoms with Gasteiger partial charge >= 0.3 is 6.18 Å². The summed E-state index contributed by atoms with van der Waals surface area (Å²) in [6, 6.07) is 5.61. The lowest BCUT2D eigenvalue weighted by Gasteiger charge is -2.14. The number of benzene rings is 1. The number of anilines is 1. The summed E-state index contributed by atoms with van der Waals surface area (Å²) in [5.74, 6) is 0. The molecule has 6 heteroatoms. The third-order valence-electron chi connectivity index (χ3n) is 2.61. The lowest BCUT2D eigenvalue weighted by molar-refractivity contribution is -0.140. The van der Waals surface area contributed by atoms with E-state index in [9.17, 15) is 13.2 Å². The van der Waals surface area contributed by atoms with E-state index in [1.807, 2.05) is 13.3 Å². The average Bonchev–Trinajstić information content (AvgIpc) is 2.26. The van der Waals surface area contributed by atoms with Crippen LogP contribution in [0.5, 0.6) is 0 Å². The molecule has 1 aromatic carbocycles. The highest BCUT2D eigenvalue weighted by molar-refractivity contribution is 7.65. The van der Waals surface area contributed by atoms with Crippen LogP contribution in [0.15, 0.2) is 24.3 Å². The Morgan fingerprint density at radius 3 is 2.33 bits per heavy atom. The molecule has 0 radical (unpaired) electrons. The maximum atomic E-state index is 12.6. The van der Waals surface area contributed by atoms with Gasteiger partial charge in [-0.15, -0.1) is 0 Å². The molecule has 2 rings (SSSR count). The van der Waals surface area contributed by atoms with Crippen molar-refractivity contribution in [3.8, 4) is 0 Å². The monoisotopic (exact) mass is 272 g/mol. The van der Waals surface area contributed by atoms with Gasteiger partial charge in [0.2, 0.25) is 0 Å². The number of nitrogen functional groups attached to an aromatic ring is 1. The van der Waals surface area contributed by atoms with Crippen molar-refractivity contribution in [3.05, 3.63) is 30.0 Å². The number of halogens is 3. The van der Waals surface area contributed by atoms with E-state index in [4.69, 9.17) is 5.73 Å². The highest BCUT2D eigenvalue weighted by atomic mass is 31.1. The Kier molecular flexibility index (Phi) is 3.20. The van der Waals surface area contributed by atoms with E-state index in [0.29, 0.717) is 16.6 Å². The quantitative estimate of drug-likeness (QED) is 0.639. The predicted octanol–water partition coefficient (Wildman–Crippen LogP) is 3.20. The van der Waals surface area contributed by atoms with Crippen LogP contribution in [0, 0.1) is 0 Å². The second-order valence-corrected chi connectivity index (χ2v) is 6.39. The second kappa shape index (κ2) is 4.39. The smallest absolute Gasteiger partial charge is 0.398 e. The first-order valence-corrected chi connectivity index (χ1v) is 7.48. The van der Waals surface area contributed by atoms with Crippen LogP contribution in [0.25, 0.3) is 10.9 Å². The van der Waals surface area contributed by atoms with Crippen LogP contribution in [0.4, 0.5) is 18.9 Å². The minimum absolute atomic E-state index is 0.338. The van der Waals surface area contributed by atoms with Gasteiger partial charge in [0, 0.05) is 16.4 Å². The topological polar surface area (TPSA) is 38.9 Å². The minimum atomic E-state index is -4.42. The van der Waals surface area contributed by atoms with Gasteiger partial charge < -0.3 is 5.73 Å². The van der Waals surface area contributed by atoms with Crippen molar-refractivity contribution in [1.29, 1.82) is 0 Å². The molecule has 2 aromatic rings. The minimum Gasteiger partial charge on any atom is -0.398 e. The van der Waals surface area contributed by atoms with Crippen molar-refractivity contribution < 1.29 is 13.2 Å². The summed E-state index contributed by atoms with van der Waals surface area (Å²) in [6.45, 7) is 4.02. The second-order valence-electron chi connectivity index (χ2n) is 4.16. The fourth-order valence-corrected chi connectivity index (χ4v) is 3.12. The van der Waals surface area contributed by atoms with Gasteiger partial charge in [0.05, 0.1) is 5.52 Å². The third kappa shape index (κ3) is 2.27. The summed E-state index contributed by atoms with van der Waals surface area (Å²) in [4.78, 5) is 3.66. The van der Waals surface area contributed by atoms with E-state index < -0.39 is 19.8 Å². The maximum absolute atomic E-state index is 12.6. The first-order valence-electron chi connectivity index (χ1n) is 5.24. The lowest BCUT2D eigenvalue weighted by atomic mass is 10.2. The highest BCUT2D eigenvalue weighted by Crippen LogP contribution is 2.33. The number of alkyl halides is 3. The van der Waals surface area contributed by atoms with Gasteiger partial charge in [0.25, 0.3) is 0 Å². The van der Waals surface area contributed by atoms with Crippen LogP contribution in [-0.4, -0.2) is 18.3 Å². The highest BCUT2D eigenvalue weighted by Gasteiger charge is 2.32. The molecule has 18 heavy (non-hydrogen) atoms. The molecule has 0 unspecified atom stereocenters. The molecule has 1 aromatic heterocycles. The molecule has 2 nitrogen and oxygen atoms in total. The van der Waals surface area contributed by atoms with Gasteiger partial charge in [-0.2, -0.15) is 13.2 Å². The fraction of sp³-hybridized carbons (Fsp3) is 0.250. The summed E-state index contributed by atoms with van der Waals surface area (Å²) >= 11 is 0. The Balaban J connectivity index is 2.71. The van der Waals surface area contributed by atoms with Crippen LogP contribution in [0.3, 0.4) is 0 Å². The standard InChI is InChI=1S/C12H12F3N2P/c1-18(2)11-7-3-6-10(12(13,14)15)17-9(7)5-4-8(11)16/h3-6H,16H2,1-2H3. The van der Waals surface area contributed by atoms with Gasteiger partial charge in [-0.3, -0.25) is 0 Å². The number of pyridine rings is 1. The van der Waals surface area contributed by atoms with E-state index in [0.717, 1.165) is 11.4 Å². The molecular formula is C12H12F3N2P. The summed E-state index contributed by atoms with van der Waals surface area (Å²) < 4.78 is 37.7. The number of hydrogen-bond acceptors (Lipinski definition) is 2. The number of nitrogens with two attached hydrogens (primary N) is 1. The zero-order chi connectivity index (χ0) is 13.5. The molecule has 1 heterocycles. The van der Waals surface area contributed by atoms with Crippen molar-refractivity contribution in [1.82, 2.24) is 4.98 Å². The van der Waals surface area contributed by atoms with E-state index in [2.05, 4.69) is 4.98 Å². The van der Waals surface area contributed by atoms with Crippen molar-refractivity contribution in [3.63, 3.8) is 0 Å². The third-order valence-corrected chi connectivity index (χ3v) is 4.01. The van der Waals surface area contributed by atoms with Gasteiger partial charge in [0.1, 0.15) is 5.69 Å². The van der Waals surface area contributed by atoms with Crippen molar-refractivity contribution in [2.24, 2.45) is 0 Å². The van der Waals surface area contributed by atoms with Crippen LogP contribution in [0.1, 0.15) is 5.69 Å². The number of nitrogens with zero attached hydrogens (tertiary/aromatic N) is 1. The van der Waals surface area contributed by atoms with Crippen LogP contribution >= 0.6 is 7.92 Å². The SMILES string of the molecule is CP(C)c1c(N)ccc2nc(C(F)(F)F)ccc12. The molecule has 0 saturated heterocycles. The fourth-order valence-electron chi connectivity index (χ4n) is 1.86. The molecule has 96 valence electrons.